The van der Waals surface area contributed by atoms with Crippen molar-refractivity contribution in [3.05, 3.63) is 65.7 Å². The van der Waals surface area contributed by atoms with Gasteiger partial charge in [0.15, 0.2) is 0 Å². The van der Waals surface area contributed by atoms with E-state index in [2.05, 4.69) is 28.4 Å². The van der Waals surface area contributed by atoms with E-state index in [4.69, 9.17) is 11.6 Å². The van der Waals surface area contributed by atoms with Crippen molar-refractivity contribution in [3.63, 3.8) is 0 Å². The Kier molecular flexibility index (Phi) is 3.05. The first-order valence-electron chi connectivity index (χ1n) is 6.00. The van der Waals surface area contributed by atoms with Gasteiger partial charge in [0.05, 0.1) is 5.69 Å². The fourth-order valence-corrected chi connectivity index (χ4v) is 2.39. The molecule has 0 aliphatic carbocycles. The summed E-state index contributed by atoms with van der Waals surface area (Å²) >= 11 is 6.13. The van der Waals surface area contributed by atoms with Gasteiger partial charge in [0.1, 0.15) is 5.82 Å². The number of para-hydroxylation sites is 1. The van der Waals surface area contributed by atoms with Crippen molar-refractivity contribution in [3.8, 4) is 16.8 Å². The molecule has 0 bridgehead atoms. The van der Waals surface area contributed by atoms with Crippen LogP contribution in [-0.2, 0) is 0 Å². The highest BCUT2D eigenvalue weighted by Gasteiger charge is 2.12. The molecule has 0 spiro atoms. The predicted octanol–water partition coefficient (Wildman–Crippen LogP) is 3.90. The average molecular weight is 270 g/mol. The first kappa shape index (κ1) is 11.9. The normalized spacial score (nSPS) is 10.6. The minimum atomic E-state index is 0.376. The molecule has 4 heteroatoms. The van der Waals surface area contributed by atoms with Crippen LogP contribution in [0.15, 0.2) is 54.6 Å². The van der Waals surface area contributed by atoms with Crippen molar-refractivity contribution in [2.24, 2.45) is 0 Å². The van der Waals surface area contributed by atoms with Gasteiger partial charge in [-0.05, 0) is 30.2 Å². The van der Waals surface area contributed by atoms with E-state index in [0.717, 1.165) is 22.6 Å². The summed E-state index contributed by atoms with van der Waals surface area (Å²) in [6.45, 7) is 1.89. The monoisotopic (exact) mass is 269 g/mol. The van der Waals surface area contributed by atoms with Crippen molar-refractivity contribution >= 4 is 11.6 Å². The molecule has 0 amide bonds. The molecule has 0 saturated heterocycles. The maximum Gasteiger partial charge on any atom is 0.229 e. The quantitative estimate of drug-likeness (QED) is 0.706. The largest absolute Gasteiger partial charge is 0.269 e. The zero-order chi connectivity index (χ0) is 13.2. The van der Waals surface area contributed by atoms with Crippen LogP contribution in [0.25, 0.3) is 16.8 Å². The first-order valence-corrected chi connectivity index (χ1v) is 6.37. The van der Waals surface area contributed by atoms with Crippen LogP contribution in [0, 0.1) is 6.92 Å². The summed E-state index contributed by atoms with van der Waals surface area (Å²) in [5, 5.41) is 8.29. The Labute approximate surface area is 116 Å². The molecule has 3 nitrogen and oxygen atoms in total. The molecule has 0 N–H and O–H groups in total. The molecule has 94 valence electrons. The third-order valence-corrected chi connectivity index (χ3v) is 3.26. The number of nitrogens with zero attached hydrogens (tertiary/aromatic N) is 3. The lowest BCUT2D eigenvalue weighted by Crippen LogP contribution is -1.99. The standard InChI is InChI=1S/C15H12ClN3/c1-11-17-18-15(16)19(11)14-10-6-5-9-13(14)12-7-3-2-4-8-12/h2-10H,1H3. The molecule has 19 heavy (non-hydrogen) atoms. The number of hydrogen-bond donors (Lipinski definition) is 0. The molecule has 0 unspecified atom stereocenters. The fourth-order valence-electron chi connectivity index (χ4n) is 2.14. The van der Waals surface area contributed by atoms with E-state index in [1.165, 1.54) is 0 Å². The van der Waals surface area contributed by atoms with Gasteiger partial charge in [-0.1, -0.05) is 48.5 Å². The van der Waals surface area contributed by atoms with Gasteiger partial charge >= 0.3 is 0 Å². The Morgan fingerprint density at radius 3 is 2.26 bits per heavy atom. The Bertz CT molecular complexity index is 685. The summed E-state index contributed by atoms with van der Waals surface area (Å²) in [4.78, 5) is 0. The summed E-state index contributed by atoms with van der Waals surface area (Å²) in [5.74, 6) is 0.772. The Morgan fingerprint density at radius 2 is 1.58 bits per heavy atom. The highest BCUT2D eigenvalue weighted by atomic mass is 35.5. The molecule has 3 aromatic rings. The number of hydrogen-bond acceptors (Lipinski definition) is 2. The van der Waals surface area contributed by atoms with Crippen LogP contribution >= 0.6 is 11.6 Å². The van der Waals surface area contributed by atoms with Crippen LogP contribution < -0.4 is 0 Å². The van der Waals surface area contributed by atoms with Gasteiger partial charge in [0.2, 0.25) is 5.28 Å². The smallest absolute Gasteiger partial charge is 0.229 e. The zero-order valence-electron chi connectivity index (χ0n) is 10.4. The summed E-state index contributed by atoms with van der Waals surface area (Å²) in [6, 6.07) is 18.3. The molecule has 0 saturated carbocycles. The lowest BCUT2D eigenvalue weighted by atomic mass is 10.0. The molecule has 1 heterocycles. The predicted molar refractivity (Wildman–Crippen MR) is 76.5 cm³/mol. The van der Waals surface area contributed by atoms with Crippen molar-refractivity contribution in [2.75, 3.05) is 0 Å². The number of aryl methyl sites for hydroxylation is 1. The second-order valence-corrected chi connectivity index (χ2v) is 4.57. The molecular formula is C15H12ClN3. The summed E-state index contributed by atoms with van der Waals surface area (Å²) in [5.41, 5.74) is 3.23. The van der Waals surface area contributed by atoms with Crippen LogP contribution in [0.1, 0.15) is 5.82 Å². The number of halogens is 1. The summed E-state index contributed by atoms with van der Waals surface area (Å²) in [6.07, 6.45) is 0. The minimum Gasteiger partial charge on any atom is -0.269 e. The Morgan fingerprint density at radius 1 is 0.895 bits per heavy atom. The van der Waals surface area contributed by atoms with Gasteiger partial charge in [-0.15, -0.1) is 10.2 Å². The molecule has 0 fully saturated rings. The van der Waals surface area contributed by atoms with Gasteiger partial charge in [0, 0.05) is 5.56 Å². The molecular weight excluding hydrogens is 258 g/mol. The zero-order valence-corrected chi connectivity index (χ0v) is 11.2. The van der Waals surface area contributed by atoms with E-state index >= 15 is 0 Å². The SMILES string of the molecule is Cc1nnc(Cl)n1-c1ccccc1-c1ccccc1. The van der Waals surface area contributed by atoms with Gasteiger partial charge in [-0.25, -0.2) is 0 Å². The topological polar surface area (TPSA) is 30.7 Å². The molecule has 0 aliphatic rings. The molecule has 0 radical (unpaired) electrons. The van der Waals surface area contributed by atoms with Crippen LogP contribution in [0.2, 0.25) is 5.28 Å². The molecule has 0 atom stereocenters. The van der Waals surface area contributed by atoms with E-state index in [1.807, 2.05) is 47.9 Å². The van der Waals surface area contributed by atoms with Gasteiger partial charge in [-0.3, -0.25) is 4.57 Å². The first-order chi connectivity index (χ1) is 9.27. The second-order valence-electron chi connectivity index (χ2n) is 4.23. The Balaban J connectivity index is 2.24. The van der Waals surface area contributed by atoms with Crippen LogP contribution in [-0.4, -0.2) is 14.8 Å². The molecule has 1 aromatic heterocycles. The number of benzene rings is 2. The van der Waals surface area contributed by atoms with Crippen LogP contribution in [0.3, 0.4) is 0 Å². The van der Waals surface area contributed by atoms with E-state index in [1.54, 1.807) is 0 Å². The number of rotatable bonds is 2. The van der Waals surface area contributed by atoms with E-state index in [-0.39, 0.29) is 0 Å². The maximum absolute atomic E-state index is 6.13. The maximum atomic E-state index is 6.13. The van der Waals surface area contributed by atoms with Crippen molar-refractivity contribution in [1.82, 2.24) is 14.8 Å². The number of aromatic nitrogens is 3. The molecule has 3 rings (SSSR count). The van der Waals surface area contributed by atoms with E-state index < -0.39 is 0 Å². The van der Waals surface area contributed by atoms with Crippen LogP contribution in [0.4, 0.5) is 0 Å². The summed E-state index contributed by atoms with van der Waals surface area (Å²) < 4.78 is 1.85. The van der Waals surface area contributed by atoms with Crippen molar-refractivity contribution in [2.45, 2.75) is 6.92 Å². The van der Waals surface area contributed by atoms with Crippen LogP contribution in [0.5, 0.6) is 0 Å². The van der Waals surface area contributed by atoms with Crippen molar-refractivity contribution in [1.29, 1.82) is 0 Å². The van der Waals surface area contributed by atoms with E-state index in [9.17, 15) is 0 Å². The molecule has 0 aliphatic heterocycles. The van der Waals surface area contributed by atoms with Gasteiger partial charge in [-0.2, -0.15) is 0 Å². The third kappa shape index (κ3) is 2.13. The summed E-state index contributed by atoms with van der Waals surface area (Å²) in [7, 11) is 0. The Hall–Kier alpha value is -2.13. The molecule has 2 aromatic carbocycles. The van der Waals surface area contributed by atoms with Crippen molar-refractivity contribution < 1.29 is 0 Å². The van der Waals surface area contributed by atoms with E-state index in [0.29, 0.717) is 5.28 Å². The van der Waals surface area contributed by atoms with Gasteiger partial charge in [0.25, 0.3) is 0 Å². The van der Waals surface area contributed by atoms with Gasteiger partial charge < -0.3 is 0 Å². The third-order valence-electron chi connectivity index (χ3n) is 3.02. The lowest BCUT2D eigenvalue weighted by molar-refractivity contribution is 0.971. The highest BCUT2D eigenvalue weighted by Crippen LogP contribution is 2.28. The average Bonchev–Trinajstić information content (AvgIpc) is 2.79. The fraction of sp³-hybridized carbons (Fsp3) is 0.0667. The lowest BCUT2D eigenvalue weighted by Gasteiger charge is -2.12. The minimum absolute atomic E-state index is 0.376. The second kappa shape index (κ2) is 4.86. The highest BCUT2D eigenvalue weighted by molar-refractivity contribution is 6.28.